The Morgan fingerprint density at radius 1 is 0.312 bits per heavy atom. The van der Waals surface area contributed by atoms with Crippen molar-refractivity contribution in [3.8, 4) is 44.2 Å². The largest absolute Gasteiger partial charge is 0.265 e. The second-order valence-corrected chi connectivity index (χ2v) is 25.6. The summed E-state index contributed by atoms with van der Waals surface area (Å²) in [5, 5.41) is 21.2. The number of hydrogen-bond acceptors (Lipinski definition) is 12. The van der Waals surface area contributed by atoms with Crippen molar-refractivity contribution in [3.05, 3.63) is 245 Å². The Kier molecular flexibility index (Phi) is 49.9. The summed E-state index contributed by atoms with van der Waals surface area (Å²) in [6.45, 7) is 49.8. The summed E-state index contributed by atoms with van der Waals surface area (Å²) in [6.07, 6.45) is 3.50. The Morgan fingerprint density at radius 3 is 1.04 bits per heavy atom. The molecule has 0 amide bonds. The van der Waals surface area contributed by atoms with Crippen LogP contribution < -0.4 is 0 Å². The number of thiazole rings is 5. The number of hydrogen-bond donors (Lipinski definition) is 0. The van der Waals surface area contributed by atoms with Crippen LogP contribution in [0.5, 0.6) is 0 Å². The van der Waals surface area contributed by atoms with Crippen molar-refractivity contribution in [2.45, 2.75) is 196 Å². The molecule has 502 valence electrons. The first-order chi connectivity index (χ1) is 45.2. The van der Waals surface area contributed by atoms with Gasteiger partial charge in [-0.05, 0) is 53.1 Å². The minimum atomic E-state index is 0.458. The molecular weight excluding hydrogens is 1250 g/mol. The van der Waals surface area contributed by atoms with Gasteiger partial charge in [-0.2, -0.15) is 11.3 Å². The molecule has 0 aliphatic carbocycles. The Balaban J connectivity index is 0.00000107. The van der Waals surface area contributed by atoms with E-state index < -0.39 is 0 Å². The number of thiophene rings is 1. The zero-order chi connectivity index (χ0) is 69.9. The van der Waals surface area contributed by atoms with E-state index in [1.165, 1.54) is 62.9 Å². The van der Waals surface area contributed by atoms with Crippen LogP contribution in [-0.2, 0) is 0 Å². The summed E-state index contributed by atoms with van der Waals surface area (Å²) in [6, 6.07) is 55.9. The van der Waals surface area contributed by atoms with E-state index in [1.54, 1.807) is 80.4 Å². The number of rotatable bonds is 9. The molecule has 0 radical (unpaired) electrons. The Morgan fingerprint density at radius 2 is 0.677 bits per heavy atom. The SMILES string of the molecule is CC.CC.CC.CC.CC.CC.CC(C)c1nc(-c2cccc3ccccc23)cs1.CC(C)c1nc(-c2ccccc2)c(-c2ccccc2)s1.CC(C)c1nc(-c2ccccc2)cs1.Cc1csc(C(C)C)n1.Cc1csc(C(C)C)n1.c1ccncc1.c1ccsc1. The molecule has 0 atom stereocenters. The zero-order valence-electron chi connectivity index (χ0n) is 60.7. The smallest absolute Gasteiger partial charge is 0.0964 e. The molecule has 0 spiro atoms. The predicted molar refractivity (Wildman–Crippen MR) is 426 cm³/mol. The highest BCUT2D eigenvalue weighted by molar-refractivity contribution is 7.15. The van der Waals surface area contributed by atoms with Gasteiger partial charge in [0.15, 0.2) is 0 Å². The van der Waals surface area contributed by atoms with Crippen molar-refractivity contribution in [2.75, 3.05) is 0 Å². The van der Waals surface area contributed by atoms with Crippen LogP contribution in [0.4, 0.5) is 0 Å². The van der Waals surface area contributed by atoms with Crippen LogP contribution >= 0.6 is 68.0 Å². The van der Waals surface area contributed by atoms with Crippen LogP contribution in [0.2, 0.25) is 0 Å². The average Bonchev–Trinajstić information content (AvgIpc) is 1.76. The first-order valence-electron chi connectivity index (χ1n) is 33.4. The third-order valence-electron chi connectivity index (χ3n) is 11.6. The maximum atomic E-state index is 4.87. The summed E-state index contributed by atoms with van der Waals surface area (Å²) in [7, 11) is 0. The Bertz CT molecular complexity index is 3410. The summed E-state index contributed by atoms with van der Waals surface area (Å²) in [5.74, 6) is 2.66. The summed E-state index contributed by atoms with van der Waals surface area (Å²) in [4.78, 5) is 27.9. The van der Waals surface area contributed by atoms with Gasteiger partial charge in [0.2, 0.25) is 0 Å². The average molecular weight is 1360 g/mol. The minimum Gasteiger partial charge on any atom is -0.265 e. The lowest BCUT2D eigenvalue weighted by molar-refractivity contribution is 0.847. The molecule has 0 saturated carbocycles. The zero-order valence-corrected chi connectivity index (χ0v) is 65.6. The Hall–Kier alpha value is -6.64. The molecule has 0 bridgehead atoms. The lowest BCUT2D eigenvalue weighted by Gasteiger charge is -2.03. The van der Waals surface area contributed by atoms with E-state index >= 15 is 0 Å². The highest BCUT2D eigenvalue weighted by Crippen LogP contribution is 2.39. The van der Waals surface area contributed by atoms with Crippen molar-refractivity contribution < 1.29 is 0 Å². The van der Waals surface area contributed by atoms with E-state index in [0.29, 0.717) is 29.6 Å². The molecule has 0 unspecified atom stereocenters. The quantitative estimate of drug-likeness (QED) is 0.143. The fraction of sp³-hybridized carbons (Fsp3) is 0.358. The molecule has 0 N–H and O–H groups in total. The van der Waals surface area contributed by atoms with Crippen LogP contribution in [0.15, 0.2) is 208 Å². The van der Waals surface area contributed by atoms with Crippen molar-refractivity contribution in [3.63, 3.8) is 0 Å². The normalized spacial score (nSPS) is 9.56. The van der Waals surface area contributed by atoms with Gasteiger partial charge in [-0.1, -0.05) is 304 Å². The Labute approximate surface area is 588 Å². The molecule has 7 aromatic heterocycles. The van der Waals surface area contributed by atoms with Gasteiger partial charge in [0.1, 0.15) is 0 Å². The van der Waals surface area contributed by atoms with E-state index in [2.05, 4.69) is 220 Å². The molecule has 93 heavy (non-hydrogen) atoms. The lowest BCUT2D eigenvalue weighted by Crippen LogP contribution is -1.86. The van der Waals surface area contributed by atoms with Crippen LogP contribution in [0.3, 0.4) is 0 Å². The van der Waals surface area contributed by atoms with Gasteiger partial charge in [0.05, 0.1) is 47.0 Å². The fourth-order valence-corrected chi connectivity index (χ4v) is 12.2. The van der Waals surface area contributed by atoms with Gasteiger partial charge in [-0.25, -0.2) is 24.9 Å². The minimum absolute atomic E-state index is 0.458. The number of benzene rings is 5. The molecule has 12 aromatic rings. The summed E-state index contributed by atoms with van der Waals surface area (Å²) in [5.41, 5.74) is 10.5. The maximum absolute atomic E-state index is 4.87. The molecular formula is C81H112N6S6. The van der Waals surface area contributed by atoms with E-state index in [1.807, 2.05) is 162 Å². The lowest BCUT2D eigenvalue weighted by atomic mass is 10.0. The molecule has 0 saturated heterocycles. The van der Waals surface area contributed by atoms with Crippen LogP contribution in [0, 0.1) is 13.8 Å². The molecule has 0 fully saturated rings. The number of aromatic nitrogens is 6. The summed E-state index contributed by atoms with van der Waals surface area (Å²) < 4.78 is 0. The molecule has 12 heteroatoms. The first-order valence-corrected chi connectivity index (χ1v) is 38.7. The first kappa shape index (κ1) is 86.4. The van der Waals surface area contributed by atoms with Gasteiger partial charge in [0, 0.05) is 91.6 Å². The molecule has 0 aliphatic rings. The molecule has 6 nitrogen and oxygen atoms in total. The van der Waals surface area contributed by atoms with Gasteiger partial charge in [-0.3, -0.25) is 4.98 Å². The molecule has 7 heterocycles. The number of nitrogens with zero attached hydrogens (tertiary/aromatic N) is 6. The molecule has 12 rings (SSSR count). The van der Waals surface area contributed by atoms with E-state index in [9.17, 15) is 0 Å². The maximum Gasteiger partial charge on any atom is 0.0964 e. The van der Waals surface area contributed by atoms with Crippen molar-refractivity contribution in [2.24, 2.45) is 0 Å². The van der Waals surface area contributed by atoms with Crippen LogP contribution in [-0.4, -0.2) is 29.9 Å². The molecule has 5 aromatic carbocycles. The van der Waals surface area contributed by atoms with Crippen molar-refractivity contribution in [1.29, 1.82) is 0 Å². The van der Waals surface area contributed by atoms with Crippen LogP contribution in [0.25, 0.3) is 55.0 Å². The van der Waals surface area contributed by atoms with Crippen molar-refractivity contribution in [1.82, 2.24) is 29.9 Å². The second-order valence-electron chi connectivity index (χ2n) is 20.2. The van der Waals surface area contributed by atoms with Crippen molar-refractivity contribution >= 4 is 78.8 Å². The second kappa shape index (κ2) is 53.7. The van der Waals surface area contributed by atoms with Gasteiger partial charge in [0.25, 0.3) is 0 Å². The van der Waals surface area contributed by atoms with Gasteiger partial charge in [-0.15, -0.1) is 56.7 Å². The molecule has 0 aliphatic heterocycles. The van der Waals surface area contributed by atoms with Gasteiger partial charge < -0.3 is 0 Å². The standard InChI is InChI=1S/C18H17NS.C16H15NS.C12H13NS.2C7H11NS.C5H5N.C4H4S.6C2H6/c1-13(2)18-19-16(14-9-5-3-6-10-14)17(20-18)15-11-7-4-8-12-15;1-11(2)16-17-15(10-18-16)14-9-5-7-12-6-3-4-8-13(12)14;1-9(2)12-13-11(8-14-12)10-6-4-3-5-7-10;2*1-5(2)7-8-6(3)4-9-7;1-2-4-6-5-3-1;1-2-4-5-3-1;6*1-2/h3-13H,1-2H3;3-11H,1-2H3;3-9H,1-2H3;2*4-5H,1-3H3;1-5H;1-4H;6*1-2H3. The predicted octanol–water partition coefficient (Wildman–Crippen LogP) is 28.8. The highest BCUT2D eigenvalue weighted by atomic mass is 32.1. The van der Waals surface area contributed by atoms with E-state index in [0.717, 1.165) is 28.5 Å². The van der Waals surface area contributed by atoms with Crippen LogP contribution in [0.1, 0.15) is 218 Å². The topological polar surface area (TPSA) is 77.3 Å². The highest BCUT2D eigenvalue weighted by Gasteiger charge is 2.16. The third-order valence-corrected chi connectivity index (χ3v) is 18.5. The number of pyridine rings is 1. The van der Waals surface area contributed by atoms with Gasteiger partial charge >= 0.3 is 0 Å². The van der Waals surface area contributed by atoms with E-state index in [-0.39, 0.29) is 0 Å². The third kappa shape index (κ3) is 33.4. The fourth-order valence-electron chi connectivity index (χ4n) is 7.39. The monoisotopic (exact) mass is 1360 g/mol. The number of aryl methyl sites for hydroxylation is 2. The van der Waals surface area contributed by atoms with E-state index in [4.69, 9.17) is 9.97 Å². The summed E-state index contributed by atoms with van der Waals surface area (Å²) >= 11 is 10.5. The number of fused-ring (bicyclic) bond motifs is 1.